The van der Waals surface area contributed by atoms with Gasteiger partial charge in [0.2, 0.25) is 9.84 Å². The number of rotatable bonds is 8. The zero-order chi connectivity index (χ0) is 18.5. The normalized spacial score (nSPS) is 14.0. The lowest BCUT2D eigenvalue weighted by molar-refractivity contribution is 0.0985. The Labute approximate surface area is 146 Å². The fraction of sp³-hybridized carbons (Fsp3) is 0.250. The molecule has 0 aromatic heterocycles. The van der Waals surface area contributed by atoms with E-state index in [1.807, 2.05) is 0 Å². The Hall–Kier alpha value is -1.70. The predicted molar refractivity (Wildman–Crippen MR) is 91.2 cm³/mol. The summed E-state index contributed by atoms with van der Waals surface area (Å²) < 4.78 is 46.6. The van der Waals surface area contributed by atoms with Crippen LogP contribution in [0.15, 0.2) is 58.3 Å². The molecule has 2 rings (SSSR count). The van der Waals surface area contributed by atoms with E-state index in [0.29, 0.717) is 11.3 Å². The minimum Gasteiger partial charge on any atom is -0.468 e. The fourth-order valence-corrected chi connectivity index (χ4v) is 4.61. The first kappa shape index (κ1) is 19.6. The number of aliphatic hydroxyl groups is 1. The first-order chi connectivity index (χ1) is 11.8. The van der Waals surface area contributed by atoms with Crippen LogP contribution in [0, 0.1) is 0 Å². The van der Waals surface area contributed by atoms with Crippen molar-refractivity contribution in [3.8, 4) is 5.75 Å². The molecular weight excluding hydrogens is 367 g/mol. The number of benzene rings is 2. The average Bonchev–Trinajstić information content (AvgIpc) is 2.55. The molecular formula is C16H19O7PS. The van der Waals surface area contributed by atoms with Gasteiger partial charge in [0.15, 0.2) is 6.79 Å². The zero-order valence-corrected chi connectivity index (χ0v) is 15.2. The van der Waals surface area contributed by atoms with Gasteiger partial charge in [-0.15, -0.1) is 0 Å². The number of hydrogen-bond donors (Lipinski definition) is 2. The first-order valence-corrected chi connectivity index (χ1v) is 10.7. The van der Waals surface area contributed by atoms with Gasteiger partial charge in [0.25, 0.3) is 0 Å². The number of hydrogen-bond acceptors (Lipinski definition) is 6. The van der Waals surface area contributed by atoms with Crippen molar-refractivity contribution in [3.63, 3.8) is 0 Å². The molecule has 2 N–H and O–H groups in total. The third kappa shape index (κ3) is 5.14. The highest BCUT2D eigenvalue weighted by Crippen LogP contribution is 2.45. The molecule has 2 aromatic carbocycles. The second-order valence-electron chi connectivity index (χ2n) is 5.11. The molecule has 0 heterocycles. The van der Waals surface area contributed by atoms with Crippen molar-refractivity contribution in [1.82, 2.24) is 0 Å². The van der Waals surface area contributed by atoms with Crippen LogP contribution in [0.25, 0.3) is 0 Å². The van der Waals surface area contributed by atoms with Crippen molar-refractivity contribution < 1.29 is 32.2 Å². The third-order valence-electron chi connectivity index (χ3n) is 3.31. The van der Waals surface area contributed by atoms with E-state index in [0.717, 1.165) is 0 Å². The lowest BCUT2D eigenvalue weighted by Crippen LogP contribution is -2.03. The number of aliphatic hydroxyl groups excluding tert-OH is 1. The van der Waals surface area contributed by atoms with Crippen molar-refractivity contribution in [1.29, 1.82) is 0 Å². The summed E-state index contributed by atoms with van der Waals surface area (Å²) in [7, 11) is -7.45. The van der Waals surface area contributed by atoms with Crippen LogP contribution in [0.3, 0.4) is 0 Å². The van der Waals surface area contributed by atoms with Crippen LogP contribution in [0.1, 0.15) is 12.5 Å². The van der Waals surface area contributed by atoms with Crippen molar-refractivity contribution >= 4 is 17.4 Å². The molecule has 7 nitrogen and oxygen atoms in total. The molecule has 0 aliphatic rings. The van der Waals surface area contributed by atoms with Gasteiger partial charge >= 0.3 is 7.60 Å². The van der Waals surface area contributed by atoms with Gasteiger partial charge in [-0.1, -0.05) is 12.1 Å². The smallest absolute Gasteiger partial charge is 0.332 e. The molecule has 1 atom stereocenters. The molecule has 0 amide bonds. The van der Waals surface area contributed by atoms with E-state index >= 15 is 0 Å². The van der Waals surface area contributed by atoms with E-state index in [1.54, 1.807) is 6.92 Å². The molecule has 0 radical (unpaired) electrons. The molecule has 0 bridgehead atoms. The highest BCUT2D eigenvalue weighted by molar-refractivity contribution is 7.91. The number of ether oxygens (including phenoxy) is 1. The highest BCUT2D eigenvalue weighted by Gasteiger charge is 2.21. The minimum absolute atomic E-state index is 0.0660. The number of sulfone groups is 1. The van der Waals surface area contributed by atoms with E-state index in [2.05, 4.69) is 0 Å². The largest absolute Gasteiger partial charge is 0.468 e. The van der Waals surface area contributed by atoms with Crippen LogP contribution in [-0.2, 0) is 25.1 Å². The maximum Gasteiger partial charge on any atom is 0.332 e. The molecule has 1 unspecified atom stereocenters. The molecule has 136 valence electrons. The van der Waals surface area contributed by atoms with Gasteiger partial charge in [-0.3, -0.25) is 4.57 Å². The molecule has 0 fully saturated rings. The summed E-state index contributed by atoms with van der Waals surface area (Å²) in [6, 6.07) is 11.4. The second kappa shape index (κ2) is 8.12. The molecule has 25 heavy (non-hydrogen) atoms. The summed E-state index contributed by atoms with van der Waals surface area (Å²) >= 11 is 0. The molecule has 2 aromatic rings. The SMILES string of the molecule is CCOP(=O)(O)Cc1ccc(S(=O)(=O)c2ccc(OCO)cc2)cc1. The quantitative estimate of drug-likeness (QED) is 0.530. The zero-order valence-electron chi connectivity index (χ0n) is 13.5. The van der Waals surface area contributed by atoms with Gasteiger partial charge in [-0.05, 0) is 48.9 Å². The minimum atomic E-state index is -3.72. The van der Waals surface area contributed by atoms with Crippen LogP contribution >= 0.6 is 7.60 Å². The second-order valence-corrected chi connectivity index (χ2v) is 8.90. The van der Waals surface area contributed by atoms with Crippen LogP contribution in [0.2, 0.25) is 0 Å². The molecule has 0 aliphatic carbocycles. The van der Waals surface area contributed by atoms with Gasteiger partial charge < -0.3 is 19.3 Å². The van der Waals surface area contributed by atoms with Gasteiger partial charge in [-0.25, -0.2) is 8.42 Å². The standard InChI is InChI=1S/C16H19O7PS/c1-2-23-24(18,19)11-13-3-7-15(8-4-13)25(20,21)16-9-5-14(6-10-16)22-12-17/h3-10,17H,2,11-12H2,1H3,(H,18,19). The Balaban J connectivity index is 2.21. The van der Waals surface area contributed by atoms with Gasteiger partial charge in [-0.2, -0.15) is 0 Å². The topological polar surface area (TPSA) is 110 Å². The Morgan fingerprint density at radius 3 is 2.00 bits per heavy atom. The van der Waals surface area contributed by atoms with E-state index in [9.17, 15) is 17.9 Å². The Kier molecular flexibility index (Phi) is 6.37. The Morgan fingerprint density at radius 2 is 1.52 bits per heavy atom. The third-order valence-corrected chi connectivity index (χ3v) is 6.52. The van der Waals surface area contributed by atoms with Crippen molar-refractivity contribution in [2.24, 2.45) is 0 Å². The van der Waals surface area contributed by atoms with E-state index in [-0.39, 0.29) is 22.6 Å². The maximum absolute atomic E-state index is 12.6. The van der Waals surface area contributed by atoms with Crippen molar-refractivity contribution in [3.05, 3.63) is 54.1 Å². The Bertz CT molecular complexity index is 845. The summed E-state index contributed by atoms with van der Waals surface area (Å²) in [6.45, 7) is 1.25. The summed E-state index contributed by atoms with van der Waals surface area (Å²) in [5.74, 6) is 0.353. The highest BCUT2D eigenvalue weighted by atomic mass is 32.2. The van der Waals surface area contributed by atoms with Gasteiger partial charge in [0, 0.05) is 0 Å². The van der Waals surface area contributed by atoms with E-state index < -0.39 is 24.2 Å². The maximum atomic E-state index is 12.6. The van der Waals surface area contributed by atoms with Crippen molar-refractivity contribution in [2.45, 2.75) is 22.9 Å². The molecule has 9 heteroatoms. The molecule has 0 spiro atoms. The van der Waals surface area contributed by atoms with Crippen LogP contribution in [0.4, 0.5) is 0 Å². The predicted octanol–water partition coefficient (Wildman–Crippen LogP) is 2.57. The van der Waals surface area contributed by atoms with Crippen LogP contribution < -0.4 is 4.74 Å². The summed E-state index contributed by atoms with van der Waals surface area (Å²) in [5.41, 5.74) is 0.505. The van der Waals surface area contributed by atoms with Crippen LogP contribution in [0.5, 0.6) is 5.75 Å². The van der Waals surface area contributed by atoms with E-state index in [4.69, 9.17) is 14.4 Å². The van der Waals surface area contributed by atoms with Crippen molar-refractivity contribution in [2.75, 3.05) is 13.4 Å². The van der Waals surface area contributed by atoms with E-state index in [1.165, 1.54) is 48.5 Å². The summed E-state index contributed by atoms with van der Waals surface area (Å²) in [4.78, 5) is 9.77. The molecule has 0 saturated carbocycles. The summed E-state index contributed by atoms with van der Waals surface area (Å²) in [6.07, 6.45) is -0.186. The first-order valence-electron chi connectivity index (χ1n) is 7.42. The lowest BCUT2D eigenvalue weighted by Gasteiger charge is -2.11. The Morgan fingerprint density at radius 1 is 1.00 bits per heavy atom. The molecule has 0 saturated heterocycles. The summed E-state index contributed by atoms with van der Waals surface area (Å²) in [5, 5.41) is 8.68. The van der Waals surface area contributed by atoms with Gasteiger partial charge in [0.05, 0.1) is 22.6 Å². The monoisotopic (exact) mass is 386 g/mol. The van der Waals surface area contributed by atoms with Crippen LogP contribution in [-0.4, -0.2) is 31.8 Å². The molecule has 0 aliphatic heterocycles. The lowest BCUT2D eigenvalue weighted by atomic mass is 10.2. The fourth-order valence-electron chi connectivity index (χ4n) is 2.18. The average molecular weight is 386 g/mol. The van der Waals surface area contributed by atoms with Gasteiger partial charge in [0.1, 0.15) is 5.75 Å².